The highest BCUT2D eigenvalue weighted by molar-refractivity contribution is 7.92. The molecule has 420 valence electrons. The van der Waals surface area contributed by atoms with Crippen LogP contribution in [-0.2, 0) is 58.0 Å². The van der Waals surface area contributed by atoms with Gasteiger partial charge in [0.25, 0.3) is 0 Å². The van der Waals surface area contributed by atoms with Crippen molar-refractivity contribution in [1.29, 1.82) is 0 Å². The summed E-state index contributed by atoms with van der Waals surface area (Å²) in [6, 6.07) is 16.3. The van der Waals surface area contributed by atoms with Crippen LogP contribution in [0.25, 0.3) is 0 Å². The summed E-state index contributed by atoms with van der Waals surface area (Å²) < 4.78 is 108. The second kappa shape index (κ2) is 26.6. The zero-order valence-corrected chi connectivity index (χ0v) is 49.3. The van der Waals surface area contributed by atoms with E-state index in [1.807, 2.05) is 38.2 Å². The van der Waals surface area contributed by atoms with Gasteiger partial charge in [-0.05, 0) is 163 Å². The monoisotopic (exact) mass is 1110 g/mol. The summed E-state index contributed by atoms with van der Waals surface area (Å²) in [6.45, 7) is 20.2. The zero-order chi connectivity index (χ0) is 56.3. The van der Waals surface area contributed by atoms with E-state index >= 15 is 0 Å². The van der Waals surface area contributed by atoms with E-state index in [9.17, 15) is 34.8 Å². The van der Waals surface area contributed by atoms with Crippen molar-refractivity contribution >= 4 is 41.1 Å². The molecule has 0 radical (unpaired) electrons. The first-order chi connectivity index (χ1) is 36.2. The SMILES string of the molecule is CC1=C(/C=C/C(C)=C/C(C/C(C)=C/CS(=O)(=O)C/C=C(\C)CC(/C=C(C)/C=C/C2=C(C)C(=O)C(OC3CCCCO3)CC2(C)C)S(=O)(=O)c2ccccc2)S(=O)(=O)c2ccccc2)C(C)(C)CC(OC2CCCCO2)C1=O. The normalized spacial score (nSPS) is 24.5. The Morgan fingerprint density at radius 1 is 0.584 bits per heavy atom. The molecule has 2 aromatic rings. The topological polar surface area (TPSA) is 173 Å². The lowest BCUT2D eigenvalue weighted by atomic mass is 9.71. The van der Waals surface area contributed by atoms with Crippen LogP contribution in [0.5, 0.6) is 0 Å². The molecular weight excluding hydrogens is 1030 g/mol. The van der Waals surface area contributed by atoms with Crippen molar-refractivity contribution in [3.8, 4) is 0 Å². The van der Waals surface area contributed by atoms with Crippen molar-refractivity contribution in [2.45, 2.75) is 179 Å². The van der Waals surface area contributed by atoms with E-state index in [-0.39, 0.29) is 45.7 Å². The summed E-state index contributed by atoms with van der Waals surface area (Å²) in [5.41, 5.74) is 4.48. The summed E-state index contributed by atoms with van der Waals surface area (Å²) in [6.07, 6.45) is 18.3. The van der Waals surface area contributed by atoms with Crippen molar-refractivity contribution in [2.75, 3.05) is 24.7 Å². The average molecular weight is 1120 g/mol. The van der Waals surface area contributed by atoms with Crippen molar-refractivity contribution in [3.05, 3.63) is 154 Å². The molecule has 0 N–H and O–H groups in total. The Kier molecular flexibility index (Phi) is 21.3. The second-order valence-corrected chi connectivity index (χ2v) is 29.2. The third-order valence-electron chi connectivity index (χ3n) is 15.2. The Hall–Kier alpha value is -4.61. The van der Waals surface area contributed by atoms with E-state index in [2.05, 4.69) is 27.7 Å². The Morgan fingerprint density at radius 2 is 0.948 bits per heavy atom. The number of carbonyl (C=O) groups is 2. The van der Waals surface area contributed by atoms with Crippen molar-refractivity contribution in [3.63, 3.8) is 0 Å². The number of sulfone groups is 3. The van der Waals surface area contributed by atoms with Crippen LogP contribution in [0.3, 0.4) is 0 Å². The fourth-order valence-corrected chi connectivity index (χ4v) is 15.4. The summed E-state index contributed by atoms with van der Waals surface area (Å²) in [5, 5.41) is -2.08. The first-order valence-corrected chi connectivity index (χ1v) is 32.0. The van der Waals surface area contributed by atoms with Crippen molar-refractivity contribution < 1.29 is 53.8 Å². The molecule has 12 nitrogen and oxygen atoms in total. The Balaban J connectivity index is 1.17. The number of benzene rings is 2. The van der Waals surface area contributed by atoms with Gasteiger partial charge < -0.3 is 18.9 Å². The predicted molar refractivity (Wildman–Crippen MR) is 305 cm³/mol. The van der Waals surface area contributed by atoms with E-state index < -0.39 is 75.6 Å². The molecule has 6 unspecified atom stereocenters. The highest BCUT2D eigenvalue weighted by Gasteiger charge is 2.41. The maximum atomic E-state index is 14.3. The molecule has 2 aliphatic heterocycles. The molecule has 6 rings (SSSR count). The molecule has 6 atom stereocenters. The fourth-order valence-electron chi connectivity index (χ4n) is 10.6. The largest absolute Gasteiger partial charge is 0.353 e. The van der Waals surface area contributed by atoms with E-state index in [1.165, 1.54) is 0 Å². The fraction of sp³-hybridized carbons (Fsp3) is 0.516. The van der Waals surface area contributed by atoms with E-state index in [0.29, 0.717) is 59.5 Å². The van der Waals surface area contributed by atoms with Gasteiger partial charge in [0, 0.05) is 13.2 Å². The van der Waals surface area contributed by atoms with Gasteiger partial charge in [0.15, 0.2) is 53.7 Å². The maximum absolute atomic E-state index is 14.3. The van der Waals surface area contributed by atoms with Crippen LogP contribution in [0.15, 0.2) is 164 Å². The van der Waals surface area contributed by atoms with Gasteiger partial charge in [-0.2, -0.15) is 0 Å². The van der Waals surface area contributed by atoms with Gasteiger partial charge in [-0.1, -0.05) is 135 Å². The number of ether oxygens (including phenoxy) is 4. The molecule has 2 saturated heterocycles. The standard InChI is InChI=1S/C62H82O12S3/c1-43(27-29-53-47(5)59(63)55(41-61(53,7)8)73-57-25-17-19-33-71-57)37-51(76(67,68)49-21-13-11-14-22-49)39-45(3)31-35-75(65,66)36-32-46(4)40-52(77(69,70)50-23-15-12-16-24-50)38-44(2)28-30-54-48(6)60(64)56(42-62(54,9)10)74-58-26-18-20-34-72-58/h11-16,21-24,27-32,37-38,51-52,55-58H,17-20,25-26,33-36,39-42H2,1-10H3/b29-27+,30-28+,43-37+,44-38+,45-31+,46-32+. The van der Waals surface area contributed by atoms with Crippen LogP contribution in [0.2, 0.25) is 0 Å². The Morgan fingerprint density at radius 3 is 1.29 bits per heavy atom. The van der Waals surface area contributed by atoms with Gasteiger partial charge in [-0.3, -0.25) is 9.59 Å². The second-order valence-electron chi connectivity index (χ2n) is 22.7. The highest BCUT2D eigenvalue weighted by atomic mass is 32.2. The van der Waals surface area contributed by atoms with Crippen molar-refractivity contribution in [2.24, 2.45) is 10.8 Å². The minimum atomic E-state index is -3.94. The van der Waals surface area contributed by atoms with Gasteiger partial charge in [0.1, 0.15) is 12.2 Å². The molecule has 0 bridgehead atoms. The predicted octanol–water partition coefficient (Wildman–Crippen LogP) is 12.2. The van der Waals surface area contributed by atoms with Crippen LogP contribution in [0, 0.1) is 10.8 Å². The number of hydrogen-bond donors (Lipinski definition) is 0. The van der Waals surface area contributed by atoms with Crippen molar-refractivity contribution in [1.82, 2.24) is 0 Å². The molecule has 2 aliphatic carbocycles. The van der Waals surface area contributed by atoms with E-state index in [4.69, 9.17) is 18.9 Å². The van der Waals surface area contributed by atoms with Crippen LogP contribution in [-0.4, -0.2) is 96.8 Å². The average Bonchev–Trinajstić information content (AvgIpc) is 3.38. The number of rotatable bonds is 22. The lowest BCUT2D eigenvalue weighted by Crippen LogP contribution is -2.41. The van der Waals surface area contributed by atoms with Crippen LogP contribution >= 0.6 is 0 Å². The molecule has 2 aromatic carbocycles. The molecule has 0 aromatic heterocycles. The smallest absolute Gasteiger partial charge is 0.187 e. The van der Waals surface area contributed by atoms with Gasteiger partial charge in [0.05, 0.1) is 31.8 Å². The van der Waals surface area contributed by atoms with Crippen LogP contribution in [0.1, 0.15) is 133 Å². The molecule has 0 saturated carbocycles. The van der Waals surface area contributed by atoms with Gasteiger partial charge in [0.2, 0.25) is 0 Å². The Bertz CT molecular complexity index is 2830. The summed E-state index contributed by atoms with van der Waals surface area (Å²) >= 11 is 0. The van der Waals surface area contributed by atoms with E-state index in [1.54, 1.807) is 113 Å². The molecule has 15 heteroatoms. The van der Waals surface area contributed by atoms with Crippen LogP contribution < -0.4 is 0 Å². The molecular formula is C62H82O12S3. The number of ketones is 2. The molecule has 4 aliphatic rings. The lowest BCUT2D eigenvalue weighted by Gasteiger charge is -2.38. The molecule has 2 fully saturated rings. The highest BCUT2D eigenvalue weighted by Crippen LogP contribution is 2.43. The minimum Gasteiger partial charge on any atom is -0.353 e. The number of hydrogen-bond acceptors (Lipinski definition) is 12. The minimum absolute atomic E-state index is 0.0232. The van der Waals surface area contributed by atoms with Crippen LogP contribution in [0.4, 0.5) is 0 Å². The lowest BCUT2D eigenvalue weighted by molar-refractivity contribution is -0.194. The Labute approximate surface area is 460 Å². The third kappa shape index (κ3) is 16.7. The third-order valence-corrected chi connectivity index (χ3v) is 20.6. The molecule has 2 heterocycles. The summed E-state index contributed by atoms with van der Waals surface area (Å²) in [5.74, 6) is -0.891. The zero-order valence-electron chi connectivity index (χ0n) is 46.9. The summed E-state index contributed by atoms with van der Waals surface area (Å²) in [7, 11) is -11.7. The quantitative estimate of drug-likeness (QED) is 0.0807. The number of carbonyl (C=O) groups excluding carboxylic acids is 2. The van der Waals surface area contributed by atoms with Gasteiger partial charge in [-0.25, -0.2) is 25.3 Å². The molecule has 77 heavy (non-hydrogen) atoms. The molecule has 0 spiro atoms. The van der Waals surface area contributed by atoms with Gasteiger partial charge in [-0.15, -0.1) is 0 Å². The van der Waals surface area contributed by atoms with Gasteiger partial charge >= 0.3 is 0 Å². The first kappa shape index (κ1) is 61.6. The maximum Gasteiger partial charge on any atom is 0.187 e. The summed E-state index contributed by atoms with van der Waals surface area (Å²) in [4.78, 5) is 27.4. The number of allylic oxidation sites excluding steroid dienone is 10. The number of Topliss-reactive ketones (excluding diaryl/α,β-unsaturated/α-hetero) is 2. The molecule has 0 amide bonds. The van der Waals surface area contributed by atoms with E-state index in [0.717, 1.165) is 49.7 Å². The first-order valence-electron chi connectivity index (χ1n) is 27.1.